The predicted molar refractivity (Wildman–Crippen MR) is 98.8 cm³/mol. The van der Waals surface area contributed by atoms with Crippen molar-refractivity contribution in [3.8, 4) is 11.4 Å². The Morgan fingerprint density at radius 2 is 1.96 bits per heavy atom. The number of hydrogen-bond acceptors (Lipinski definition) is 3. The molecule has 0 bridgehead atoms. The molecule has 0 saturated carbocycles. The van der Waals surface area contributed by atoms with Crippen LogP contribution in [0.3, 0.4) is 0 Å². The van der Waals surface area contributed by atoms with Crippen molar-refractivity contribution >= 4 is 23.7 Å². The van der Waals surface area contributed by atoms with Gasteiger partial charge >= 0.3 is 0 Å². The number of halogens is 1. The van der Waals surface area contributed by atoms with E-state index in [1.807, 2.05) is 47.2 Å². The molecule has 0 aliphatic heterocycles. The molecule has 0 saturated heterocycles. The van der Waals surface area contributed by atoms with Crippen molar-refractivity contribution < 1.29 is 9.53 Å². The Labute approximate surface area is 150 Å². The van der Waals surface area contributed by atoms with E-state index in [1.165, 1.54) is 0 Å². The number of rotatable bonds is 5. The normalized spacial score (nSPS) is 10.8. The Balaban J connectivity index is 1.72. The first kappa shape index (κ1) is 16.8. The van der Waals surface area contributed by atoms with E-state index in [2.05, 4.69) is 10.5 Å². The Morgan fingerprint density at radius 1 is 1.16 bits per heavy atom. The monoisotopic (exact) mass is 353 g/mol. The van der Waals surface area contributed by atoms with Gasteiger partial charge in [0.05, 0.1) is 19.0 Å². The van der Waals surface area contributed by atoms with Gasteiger partial charge in [-0.2, -0.15) is 5.10 Å². The SMILES string of the molecule is COc1ccc(-n2cccc2/C=N\NC(=O)c2cccc(Cl)c2)cc1. The molecule has 0 aliphatic rings. The summed E-state index contributed by atoms with van der Waals surface area (Å²) < 4.78 is 7.12. The molecule has 6 heteroatoms. The maximum Gasteiger partial charge on any atom is 0.271 e. The number of benzene rings is 2. The minimum Gasteiger partial charge on any atom is -0.497 e. The van der Waals surface area contributed by atoms with Crippen LogP contribution in [0.1, 0.15) is 16.1 Å². The molecule has 3 rings (SSSR count). The zero-order valence-electron chi connectivity index (χ0n) is 13.5. The van der Waals surface area contributed by atoms with Crippen LogP contribution in [0.15, 0.2) is 72.0 Å². The van der Waals surface area contributed by atoms with Crippen LogP contribution in [0.4, 0.5) is 0 Å². The van der Waals surface area contributed by atoms with Crippen LogP contribution >= 0.6 is 11.6 Å². The smallest absolute Gasteiger partial charge is 0.271 e. The molecular weight excluding hydrogens is 338 g/mol. The summed E-state index contributed by atoms with van der Waals surface area (Å²) in [5.74, 6) is 0.473. The zero-order valence-corrected chi connectivity index (χ0v) is 14.3. The summed E-state index contributed by atoms with van der Waals surface area (Å²) in [4.78, 5) is 12.0. The van der Waals surface area contributed by atoms with Gasteiger partial charge < -0.3 is 9.30 Å². The fraction of sp³-hybridized carbons (Fsp3) is 0.0526. The van der Waals surface area contributed by atoms with Crippen molar-refractivity contribution in [2.45, 2.75) is 0 Å². The Hall–Kier alpha value is -3.05. The van der Waals surface area contributed by atoms with Crippen molar-refractivity contribution in [2.24, 2.45) is 5.10 Å². The van der Waals surface area contributed by atoms with Crippen molar-refractivity contribution in [3.63, 3.8) is 0 Å². The number of carbonyl (C=O) groups excluding carboxylic acids is 1. The number of hydrazone groups is 1. The minimum absolute atomic E-state index is 0.318. The van der Waals surface area contributed by atoms with E-state index in [-0.39, 0.29) is 5.91 Å². The number of hydrogen-bond donors (Lipinski definition) is 1. The fourth-order valence-electron chi connectivity index (χ4n) is 2.33. The summed E-state index contributed by atoms with van der Waals surface area (Å²) >= 11 is 5.88. The maximum absolute atomic E-state index is 12.0. The molecule has 126 valence electrons. The van der Waals surface area contributed by atoms with E-state index in [0.29, 0.717) is 10.6 Å². The lowest BCUT2D eigenvalue weighted by Crippen LogP contribution is -2.17. The van der Waals surface area contributed by atoms with Crippen molar-refractivity contribution in [1.29, 1.82) is 0 Å². The minimum atomic E-state index is -0.318. The van der Waals surface area contributed by atoms with Gasteiger partial charge in [-0.1, -0.05) is 17.7 Å². The van der Waals surface area contributed by atoms with Crippen LogP contribution in [0, 0.1) is 0 Å². The van der Waals surface area contributed by atoms with E-state index < -0.39 is 0 Å². The lowest BCUT2D eigenvalue weighted by Gasteiger charge is -2.07. The lowest BCUT2D eigenvalue weighted by atomic mass is 10.2. The van der Waals surface area contributed by atoms with Crippen molar-refractivity contribution in [3.05, 3.63) is 83.1 Å². The number of amides is 1. The van der Waals surface area contributed by atoms with Gasteiger partial charge in [-0.3, -0.25) is 4.79 Å². The predicted octanol–water partition coefficient (Wildman–Crippen LogP) is 3.90. The standard InChI is InChI=1S/C19H16ClN3O2/c1-25-18-9-7-16(8-10-18)23-11-3-6-17(23)13-21-22-19(24)14-4-2-5-15(20)12-14/h2-13H,1H3,(H,22,24)/b21-13-. The van der Waals surface area contributed by atoms with Gasteiger partial charge in [0.1, 0.15) is 5.75 Å². The van der Waals surface area contributed by atoms with Crippen LogP contribution in [-0.4, -0.2) is 23.8 Å². The molecule has 1 aromatic heterocycles. The summed E-state index contributed by atoms with van der Waals surface area (Å²) in [6.07, 6.45) is 3.51. The molecule has 0 aliphatic carbocycles. The van der Waals surface area contributed by atoms with E-state index in [0.717, 1.165) is 17.1 Å². The molecule has 5 nitrogen and oxygen atoms in total. The van der Waals surface area contributed by atoms with Gasteiger partial charge in [-0.05, 0) is 54.6 Å². The van der Waals surface area contributed by atoms with Crippen molar-refractivity contribution in [1.82, 2.24) is 9.99 Å². The summed E-state index contributed by atoms with van der Waals surface area (Å²) in [5.41, 5.74) is 4.75. The van der Waals surface area contributed by atoms with Gasteiger partial charge in [0, 0.05) is 22.5 Å². The highest BCUT2D eigenvalue weighted by Crippen LogP contribution is 2.16. The first-order valence-electron chi connectivity index (χ1n) is 7.58. The molecular formula is C19H16ClN3O2. The second-order valence-electron chi connectivity index (χ2n) is 5.21. The topological polar surface area (TPSA) is 55.6 Å². The number of methoxy groups -OCH3 is 1. The largest absolute Gasteiger partial charge is 0.497 e. The summed E-state index contributed by atoms with van der Waals surface area (Å²) in [5, 5.41) is 4.53. The summed E-state index contributed by atoms with van der Waals surface area (Å²) in [6.45, 7) is 0. The number of nitrogens with zero attached hydrogens (tertiary/aromatic N) is 2. The second kappa shape index (κ2) is 7.68. The van der Waals surface area contributed by atoms with Crippen LogP contribution in [0.5, 0.6) is 5.75 Å². The second-order valence-corrected chi connectivity index (χ2v) is 5.65. The average molecular weight is 354 g/mol. The molecule has 0 radical (unpaired) electrons. The summed E-state index contributed by atoms with van der Waals surface area (Å²) in [6, 6.07) is 18.2. The maximum atomic E-state index is 12.0. The highest BCUT2D eigenvalue weighted by molar-refractivity contribution is 6.30. The third-order valence-electron chi connectivity index (χ3n) is 3.58. The first-order valence-corrected chi connectivity index (χ1v) is 7.96. The molecule has 1 N–H and O–H groups in total. The molecule has 3 aromatic rings. The summed E-state index contributed by atoms with van der Waals surface area (Å²) in [7, 11) is 1.63. The Kier molecular flexibility index (Phi) is 5.16. The third-order valence-corrected chi connectivity index (χ3v) is 3.82. The van der Waals surface area contributed by atoms with Crippen LogP contribution in [0.2, 0.25) is 5.02 Å². The Morgan fingerprint density at radius 3 is 2.68 bits per heavy atom. The quantitative estimate of drug-likeness (QED) is 0.558. The Bertz CT molecular complexity index is 901. The van der Waals surface area contributed by atoms with E-state index in [4.69, 9.17) is 16.3 Å². The third kappa shape index (κ3) is 4.08. The highest BCUT2D eigenvalue weighted by atomic mass is 35.5. The van der Waals surface area contributed by atoms with Crippen LogP contribution in [-0.2, 0) is 0 Å². The zero-order chi connectivity index (χ0) is 17.6. The average Bonchev–Trinajstić information content (AvgIpc) is 3.10. The number of ether oxygens (including phenoxy) is 1. The molecule has 0 unspecified atom stereocenters. The van der Waals surface area contributed by atoms with Gasteiger partial charge in [-0.25, -0.2) is 5.43 Å². The molecule has 1 heterocycles. The van der Waals surface area contributed by atoms with Gasteiger partial charge in [-0.15, -0.1) is 0 Å². The van der Waals surface area contributed by atoms with E-state index in [9.17, 15) is 4.79 Å². The van der Waals surface area contributed by atoms with E-state index in [1.54, 1.807) is 37.6 Å². The fourth-order valence-corrected chi connectivity index (χ4v) is 2.52. The molecule has 0 spiro atoms. The number of aromatic nitrogens is 1. The van der Waals surface area contributed by atoms with Gasteiger partial charge in [0.2, 0.25) is 0 Å². The molecule has 1 amide bonds. The van der Waals surface area contributed by atoms with Crippen molar-refractivity contribution in [2.75, 3.05) is 7.11 Å². The van der Waals surface area contributed by atoms with Gasteiger partial charge in [0.15, 0.2) is 0 Å². The molecule has 0 atom stereocenters. The first-order chi connectivity index (χ1) is 12.2. The number of carbonyl (C=O) groups is 1. The van der Waals surface area contributed by atoms with Crippen LogP contribution in [0.25, 0.3) is 5.69 Å². The lowest BCUT2D eigenvalue weighted by molar-refractivity contribution is 0.0955. The van der Waals surface area contributed by atoms with Gasteiger partial charge in [0.25, 0.3) is 5.91 Å². The number of nitrogens with one attached hydrogen (secondary N) is 1. The van der Waals surface area contributed by atoms with Crippen LogP contribution < -0.4 is 10.2 Å². The molecule has 0 fully saturated rings. The highest BCUT2D eigenvalue weighted by Gasteiger charge is 2.05. The molecule has 25 heavy (non-hydrogen) atoms. The molecule has 2 aromatic carbocycles. The van der Waals surface area contributed by atoms with E-state index >= 15 is 0 Å².